The van der Waals surface area contributed by atoms with Gasteiger partial charge in [0.05, 0.1) is 16.3 Å². The maximum atomic E-state index is 12.1. The van der Waals surface area contributed by atoms with Crippen molar-refractivity contribution in [1.29, 1.82) is 0 Å². The van der Waals surface area contributed by atoms with Gasteiger partial charge in [-0.15, -0.1) is 11.3 Å². The lowest BCUT2D eigenvalue weighted by Crippen LogP contribution is -2.27. The summed E-state index contributed by atoms with van der Waals surface area (Å²) in [4.78, 5) is 13.8. The van der Waals surface area contributed by atoms with Gasteiger partial charge >= 0.3 is 0 Å². The van der Waals surface area contributed by atoms with Crippen LogP contribution >= 0.6 is 11.3 Å². The number of amides is 1. The molecular formula is C15H20N2OS. The standard InChI is InChI=1S/C15H20N2OS/c1-11-9-14(19-13(11)7-4-8-16)15(18)17-10-12-5-2-3-6-12/h9,12H,2-3,5-6,8,10,16H2,1H3,(H,17,18). The number of carbonyl (C=O) groups excluding carboxylic acids is 1. The first kappa shape index (κ1) is 14.1. The number of thiophene rings is 1. The lowest BCUT2D eigenvalue weighted by molar-refractivity contribution is 0.0951. The Kier molecular flexibility index (Phi) is 5.00. The van der Waals surface area contributed by atoms with Gasteiger partial charge in [0.15, 0.2) is 0 Å². The van der Waals surface area contributed by atoms with E-state index in [1.54, 1.807) is 0 Å². The Balaban J connectivity index is 1.94. The summed E-state index contributed by atoms with van der Waals surface area (Å²) in [5, 5.41) is 3.04. The van der Waals surface area contributed by atoms with Gasteiger partial charge in [-0.2, -0.15) is 0 Å². The van der Waals surface area contributed by atoms with Gasteiger partial charge in [0, 0.05) is 6.54 Å². The van der Waals surface area contributed by atoms with Crippen molar-refractivity contribution in [3.63, 3.8) is 0 Å². The maximum Gasteiger partial charge on any atom is 0.261 e. The second-order valence-electron chi connectivity index (χ2n) is 4.99. The highest BCUT2D eigenvalue weighted by Crippen LogP contribution is 2.24. The number of hydrogen-bond acceptors (Lipinski definition) is 3. The average molecular weight is 276 g/mol. The van der Waals surface area contributed by atoms with Crippen LogP contribution in [-0.2, 0) is 0 Å². The van der Waals surface area contributed by atoms with E-state index >= 15 is 0 Å². The smallest absolute Gasteiger partial charge is 0.261 e. The van der Waals surface area contributed by atoms with E-state index in [2.05, 4.69) is 17.2 Å². The predicted molar refractivity (Wildman–Crippen MR) is 79.3 cm³/mol. The molecule has 19 heavy (non-hydrogen) atoms. The molecule has 1 heterocycles. The topological polar surface area (TPSA) is 55.1 Å². The molecule has 1 aliphatic carbocycles. The molecule has 1 amide bonds. The van der Waals surface area contributed by atoms with Crippen molar-refractivity contribution in [1.82, 2.24) is 5.32 Å². The second kappa shape index (κ2) is 6.74. The molecule has 3 N–H and O–H groups in total. The minimum atomic E-state index is 0.0285. The zero-order valence-corrected chi connectivity index (χ0v) is 12.1. The first-order valence-corrected chi connectivity index (χ1v) is 7.60. The molecule has 1 aromatic rings. The van der Waals surface area contributed by atoms with Gasteiger partial charge in [0.2, 0.25) is 0 Å². The van der Waals surface area contributed by atoms with E-state index in [4.69, 9.17) is 5.73 Å². The lowest BCUT2D eigenvalue weighted by Gasteiger charge is -2.09. The van der Waals surface area contributed by atoms with E-state index in [0.29, 0.717) is 12.5 Å². The van der Waals surface area contributed by atoms with E-state index in [-0.39, 0.29) is 5.91 Å². The highest BCUT2D eigenvalue weighted by molar-refractivity contribution is 7.14. The van der Waals surface area contributed by atoms with Crippen molar-refractivity contribution in [3.8, 4) is 11.8 Å². The van der Waals surface area contributed by atoms with Gasteiger partial charge in [0.25, 0.3) is 5.91 Å². The average Bonchev–Trinajstić information content (AvgIpc) is 3.03. The van der Waals surface area contributed by atoms with Crippen molar-refractivity contribution >= 4 is 17.2 Å². The van der Waals surface area contributed by atoms with Crippen molar-refractivity contribution in [3.05, 3.63) is 21.4 Å². The molecule has 0 aromatic carbocycles. The fraction of sp³-hybridized carbons (Fsp3) is 0.533. The number of aryl methyl sites for hydroxylation is 1. The molecule has 0 bridgehead atoms. The third-order valence-corrected chi connectivity index (χ3v) is 4.62. The Bertz CT molecular complexity index is 504. The first-order chi connectivity index (χ1) is 9.20. The van der Waals surface area contributed by atoms with Crippen LogP contribution in [0, 0.1) is 24.7 Å². The van der Waals surface area contributed by atoms with Gasteiger partial charge in [-0.05, 0) is 37.3 Å². The maximum absolute atomic E-state index is 12.1. The fourth-order valence-electron chi connectivity index (χ4n) is 2.39. The summed E-state index contributed by atoms with van der Waals surface area (Å²) in [6.45, 7) is 3.13. The second-order valence-corrected chi connectivity index (χ2v) is 6.04. The van der Waals surface area contributed by atoms with Crippen molar-refractivity contribution in [2.45, 2.75) is 32.6 Å². The molecule has 1 saturated carbocycles. The summed E-state index contributed by atoms with van der Waals surface area (Å²) < 4.78 is 0. The molecule has 2 rings (SSSR count). The Labute approximate surface area is 118 Å². The van der Waals surface area contributed by atoms with Crippen LogP contribution in [0.4, 0.5) is 0 Å². The van der Waals surface area contributed by atoms with E-state index < -0.39 is 0 Å². The van der Waals surface area contributed by atoms with Crippen LogP contribution in [0.25, 0.3) is 0 Å². The highest BCUT2D eigenvalue weighted by atomic mass is 32.1. The summed E-state index contributed by atoms with van der Waals surface area (Å²) in [6, 6.07) is 1.91. The third-order valence-electron chi connectivity index (χ3n) is 3.47. The highest BCUT2D eigenvalue weighted by Gasteiger charge is 2.17. The fourth-order valence-corrected chi connectivity index (χ4v) is 3.35. The largest absolute Gasteiger partial charge is 0.351 e. The summed E-state index contributed by atoms with van der Waals surface area (Å²) in [7, 11) is 0. The zero-order chi connectivity index (χ0) is 13.7. The number of nitrogens with one attached hydrogen (secondary N) is 1. The van der Waals surface area contributed by atoms with Crippen LogP contribution in [0.15, 0.2) is 6.07 Å². The molecule has 0 unspecified atom stereocenters. The zero-order valence-electron chi connectivity index (χ0n) is 11.3. The Morgan fingerprint density at radius 1 is 1.53 bits per heavy atom. The van der Waals surface area contributed by atoms with Gasteiger partial charge < -0.3 is 11.1 Å². The first-order valence-electron chi connectivity index (χ1n) is 6.78. The van der Waals surface area contributed by atoms with Crippen molar-refractivity contribution < 1.29 is 4.79 Å². The summed E-state index contributed by atoms with van der Waals surface area (Å²) in [5.74, 6) is 6.54. The van der Waals surface area contributed by atoms with Gasteiger partial charge in [0.1, 0.15) is 0 Å². The Morgan fingerprint density at radius 3 is 2.95 bits per heavy atom. The van der Waals surface area contributed by atoms with Crippen LogP contribution in [0.5, 0.6) is 0 Å². The van der Waals surface area contributed by atoms with E-state index in [0.717, 1.165) is 21.9 Å². The molecule has 0 atom stereocenters. The van der Waals surface area contributed by atoms with Crippen LogP contribution in [0.1, 0.15) is 45.8 Å². The molecule has 4 heteroatoms. The number of carbonyl (C=O) groups is 1. The molecule has 0 spiro atoms. The third kappa shape index (κ3) is 3.82. The van der Waals surface area contributed by atoms with Crippen LogP contribution in [0.3, 0.4) is 0 Å². The molecule has 0 radical (unpaired) electrons. The normalized spacial score (nSPS) is 15.1. The molecule has 1 aliphatic rings. The van der Waals surface area contributed by atoms with Crippen LogP contribution in [-0.4, -0.2) is 19.0 Å². The minimum Gasteiger partial charge on any atom is -0.351 e. The predicted octanol–water partition coefficient (Wildman–Crippen LogP) is 2.29. The number of nitrogens with two attached hydrogens (primary N) is 1. The Hall–Kier alpha value is -1.31. The van der Waals surface area contributed by atoms with E-state index in [1.165, 1.54) is 37.0 Å². The van der Waals surface area contributed by atoms with Gasteiger partial charge in [-0.1, -0.05) is 24.7 Å². The molecule has 0 aliphatic heterocycles. The summed E-state index contributed by atoms with van der Waals surface area (Å²) >= 11 is 1.45. The van der Waals surface area contributed by atoms with Crippen molar-refractivity contribution in [2.24, 2.45) is 11.7 Å². The number of rotatable bonds is 3. The summed E-state index contributed by atoms with van der Waals surface area (Å²) in [6.07, 6.45) is 5.10. The molecule has 0 saturated heterocycles. The molecule has 102 valence electrons. The quantitative estimate of drug-likeness (QED) is 0.832. The molecular weight excluding hydrogens is 256 g/mol. The van der Waals surface area contributed by atoms with E-state index in [1.807, 2.05) is 13.0 Å². The number of hydrogen-bond donors (Lipinski definition) is 2. The minimum absolute atomic E-state index is 0.0285. The monoisotopic (exact) mass is 276 g/mol. The van der Waals surface area contributed by atoms with Crippen LogP contribution < -0.4 is 11.1 Å². The van der Waals surface area contributed by atoms with E-state index in [9.17, 15) is 4.79 Å². The van der Waals surface area contributed by atoms with Gasteiger partial charge in [-0.3, -0.25) is 4.79 Å². The Morgan fingerprint density at radius 2 is 2.26 bits per heavy atom. The summed E-state index contributed by atoms with van der Waals surface area (Å²) in [5.41, 5.74) is 6.42. The molecule has 1 aromatic heterocycles. The molecule has 1 fully saturated rings. The SMILES string of the molecule is Cc1cc(C(=O)NCC2CCCC2)sc1C#CCN. The lowest BCUT2D eigenvalue weighted by atomic mass is 10.1. The van der Waals surface area contributed by atoms with Crippen LogP contribution in [0.2, 0.25) is 0 Å². The van der Waals surface area contributed by atoms with Gasteiger partial charge in [-0.25, -0.2) is 0 Å². The molecule has 3 nitrogen and oxygen atoms in total. The van der Waals surface area contributed by atoms with Crippen molar-refractivity contribution in [2.75, 3.05) is 13.1 Å².